The van der Waals surface area contributed by atoms with E-state index in [1.54, 1.807) is 24.3 Å². The Morgan fingerprint density at radius 3 is 2.87 bits per heavy atom. The molecule has 1 aliphatic rings. The molecule has 1 aliphatic heterocycles. The fourth-order valence-corrected chi connectivity index (χ4v) is 1.43. The fourth-order valence-electron chi connectivity index (χ4n) is 1.43. The van der Waals surface area contributed by atoms with Crippen LogP contribution in [0.25, 0.3) is 0 Å². The van der Waals surface area contributed by atoms with Crippen LogP contribution in [0.1, 0.15) is 10.4 Å². The molecule has 4 heteroatoms. The number of carbonyl (C=O) groups excluding carboxylic acids is 1. The lowest BCUT2D eigenvalue weighted by molar-refractivity contribution is -0.131. The van der Waals surface area contributed by atoms with Crippen molar-refractivity contribution in [3.05, 3.63) is 41.5 Å². The molecule has 0 radical (unpaired) electrons. The predicted molar refractivity (Wildman–Crippen MR) is 52.0 cm³/mol. The SMILES string of the molecule is O=C(O)/C=C1\COc2ccccc2C1=O. The number of rotatable bonds is 1. The maximum absolute atomic E-state index is 11.7. The van der Waals surface area contributed by atoms with Gasteiger partial charge < -0.3 is 9.84 Å². The zero-order chi connectivity index (χ0) is 10.8. The van der Waals surface area contributed by atoms with Crippen molar-refractivity contribution in [3.8, 4) is 5.75 Å². The van der Waals surface area contributed by atoms with Crippen LogP contribution in [0.2, 0.25) is 0 Å². The standard InChI is InChI=1S/C11H8O4/c12-10(13)5-7-6-15-9-4-2-1-3-8(9)11(7)14/h1-5H,6H2,(H,12,13)/b7-5+. The molecule has 2 rings (SSSR count). The van der Waals surface area contributed by atoms with Crippen LogP contribution in [0.4, 0.5) is 0 Å². The number of fused-ring (bicyclic) bond motifs is 1. The van der Waals surface area contributed by atoms with Crippen molar-refractivity contribution in [2.75, 3.05) is 6.61 Å². The molecule has 15 heavy (non-hydrogen) atoms. The van der Waals surface area contributed by atoms with E-state index in [0.717, 1.165) is 6.08 Å². The molecule has 0 amide bonds. The van der Waals surface area contributed by atoms with Gasteiger partial charge in [0.05, 0.1) is 5.56 Å². The molecule has 1 aromatic carbocycles. The van der Waals surface area contributed by atoms with Crippen molar-refractivity contribution in [2.45, 2.75) is 0 Å². The molecule has 0 unspecified atom stereocenters. The quantitative estimate of drug-likeness (QED) is 0.700. The molecule has 0 spiro atoms. The first-order valence-electron chi connectivity index (χ1n) is 4.38. The Hall–Kier alpha value is -2.10. The minimum absolute atomic E-state index is 0.0160. The summed E-state index contributed by atoms with van der Waals surface area (Å²) in [5.74, 6) is -0.911. The summed E-state index contributed by atoms with van der Waals surface area (Å²) in [6.07, 6.45) is 0.887. The van der Waals surface area contributed by atoms with Crippen molar-refractivity contribution in [1.29, 1.82) is 0 Å². The second kappa shape index (κ2) is 3.57. The van der Waals surface area contributed by atoms with Crippen LogP contribution in [0, 0.1) is 0 Å². The number of carboxylic acids is 1. The Balaban J connectivity index is 2.42. The Morgan fingerprint density at radius 1 is 1.40 bits per heavy atom. The highest BCUT2D eigenvalue weighted by molar-refractivity contribution is 6.13. The summed E-state index contributed by atoms with van der Waals surface area (Å²) < 4.78 is 5.25. The lowest BCUT2D eigenvalue weighted by Crippen LogP contribution is -2.19. The van der Waals surface area contributed by atoms with Crippen LogP contribution in [-0.4, -0.2) is 23.5 Å². The molecule has 0 aliphatic carbocycles. The minimum Gasteiger partial charge on any atom is -0.488 e. The Bertz CT molecular complexity index is 459. The first-order valence-corrected chi connectivity index (χ1v) is 4.38. The molecular weight excluding hydrogens is 196 g/mol. The number of para-hydroxylation sites is 1. The summed E-state index contributed by atoms with van der Waals surface area (Å²) in [6.45, 7) is 0.0160. The van der Waals surface area contributed by atoms with E-state index in [2.05, 4.69) is 0 Å². The van der Waals surface area contributed by atoms with Gasteiger partial charge in [-0.05, 0) is 12.1 Å². The third kappa shape index (κ3) is 1.74. The van der Waals surface area contributed by atoms with Gasteiger partial charge in [0.15, 0.2) is 5.78 Å². The normalized spacial score (nSPS) is 17.1. The molecule has 0 bridgehead atoms. The van der Waals surface area contributed by atoms with Crippen LogP contribution < -0.4 is 4.74 Å². The van der Waals surface area contributed by atoms with Gasteiger partial charge in [-0.3, -0.25) is 4.79 Å². The second-order valence-corrected chi connectivity index (χ2v) is 3.12. The maximum Gasteiger partial charge on any atom is 0.328 e. The Labute approximate surface area is 85.8 Å². The summed E-state index contributed by atoms with van der Waals surface area (Å²) in [5, 5.41) is 8.55. The highest BCUT2D eigenvalue weighted by Crippen LogP contribution is 2.26. The van der Waals surface area contributed by atoms with Gasteiger partial charge in [0.2, 0.25) is 0 Å². The van der Waals surface area contributed by atoms with E-state index >= 15 is 0 Å². The Morgan fingerprint density at radius 2 is 2.13 bits per heavy atom. The molecule has 76 valence electrons. The third-order valence-electron chi connectivity index (χ3n) is 2.10. The van der Waals surface area contributed by atoms with E-state index in [4.69, 9.17) is 9.84 Å². The van der Waals surface area contributed by atoms with Gasteiger partial charge in [0.25, 0.3) is 0 Å². The number of Topliss-reactive ketones (excluding diaryl/α,β-unsaturated/α-hetero) is 1. The van der Waals surface area contributed by atoms with E-state index in [1.165, 1.54) is 0 Å². The monoisotopic (exact) mass is 204 g/mol. The fraction of sp³-hybridized carbons (Fsp3) is 0.0909. The number of hydrogen-bond acceptors (Lipinski definition) is 3. The summed E-state index contributed by atoms with van der Waals surface area (Å²) in [5.41, 5.74) is 0.581. The number of carboxylic acid groups (broad SMARTS) is 1. The molecule has 1 aromatic rings. The van der Waals surface area contributed by atoms with Crippen molar-refractivity contribution in [3.63, 3.8) is 0 Å². The van der Waals surface area contributed by atoms with Crippen molar-refractivity contribution in [1.82, 2.24) is 0 Å². The molecule has 0 fully saturated rings. The summed E-state index contributed by atoms with van der Waals surface area (Å²) in [4.78, 5) is 22.2. The average Bonchev–Trinajstić information content (AvgIpc) is 2.22. The zero-order valence-electron chi connectivity index (χ0n) is 7.77. The smallest absolute Gasteiger partial charge is 0.328 e. The number of ether oxygens (including phenoxy) is 1. The topological polar surface area (TPSA) is 63.6 Å². The number of ketones is 1. The molecular formula is C11H8O4. The molecule has 1 heterocycles. The van der Waals surface area contributed by atoms with Crippen molar-refractivity contribution < 1.29 is 19.4 Å². The predicted octanol–water partition coefficient (Wildman–Crippen LogP) is 1.27. The van der Waals surface area contributed by atoms with Crippen LogP contribution >= 0.6 is 0 Å². The van der Waals surface area contributed by atoms with E-state index in [1.807, 2.05) is 0 Å². The van der Waals surface area contributed by atoms with Crippen LogP contribution in [0.5, 0.6) is 5.75 Å². The molecule has 0 atom stereocenters. The molecule has 0 saturated carbocycles. The van der Waals surface area contributed by atoms with Crippen molar-refractivity contribution in [2.24, 2.45) is 0 Å². The third-order valence-corrected chi connectivity index (χ3v) is 2.10. The lowest BCUT2D eigenvalue weighted by atomic mass is 10.0. The van der Waals surface area contributed by atoms with E-state index in [0.29, 0.717) is 11.3 Å². The summed E-state index contributed by atoms with van der Waals surface area (Å²) >= 11 is 0. The van der Waals surface area contributed by atoms with Crippen LogP contribution in [-0.2, 0) is 4.79 Å². The highest BCUT2D eigenvalue weighted by atomic mass is 16.5. The Kier molecular flexibility index (Phi) is 2.25. The number of carbonyl (C=O) groups is 2. The summed E-state index contributed by atoms with van der Waals surface area (Å²) in [7, 11) is 0. The lowest BCUT2D eigenvalue weighted by Gasteiger charge is -2.17. The van der Waals surface area contributed by atoms with E-state index < -0.39 is 5.97 Å². The van der Waals surface area contributed by atoms with E-state index in [9.17, 15) is 9.59 Å². The number of hydrogen-bond donors (Lipinski definition) is 1. The first-order chi connectivity index (χ1) is 7.18. The van der Waals surface area contributed by atoms with Gasteiger partial charge in [-0.15, -0.1) is 0 Å². The highest BCUT2D eigenvalue weighted by Gasteiger charge is 2.23. The maximum atomic E-state index is 11.7. The van der Waals surface area contributed by atoms with Crippen LogP contribution in [0.3, 0.4) is 0 Å². The largest absolute Gasteiger partial charge is 0.488 e. The van der Waals surface area contributed by atoms with Gasteiger partial charge in [0.1, 0.15) is 12.4 Å². The van der Waals surface area contributed by atoms with Crippen molar-refractivity contribution >= 4 is 11.8 Å². The van der Waals surface area contributed by atoms with Gasteiger partial charge in [-0.1, -0.05) is 12.1 Å². The van der Waals surface area contributed by atoms with Gasteiger partial charge in [0, 0.05) is 11.6 Å². The average molecular weight is 204 g/mol. The number of aliphatic carboxylic acids is 1. The zero-order valence-corrected chi connectivity index (χ0v) is 7.77. The minimum atomic E-state index is -1.14. The summed E-state index contributed by atoms with van der Waals surface area (Å²) in [6, 6.07) is 6.78. The molecule has 0 aromatic heterocycles. The molecule has 0 saturated heterocycles. The van der Waals surface area contributed by atoms with E-state index in [-0.39, 0.29) is 18.0 Å². The van der Waals surface area contributed by atoms with Gasteiger partial charge >= 0.3 is 5.97 Å². The molecule has 1 N–H and O–H groups in total. The second-order valence-electron chi connectivity index (χ2n) is 3.12. The van der Waals surface area contributed by atoms with Crippen LogP contribution in [0.15, 0.2) is 35.9 Å². The number of benzene rings is 1. The van der Waals surface area contributed by atoms with Gasteiger partial charge in [-0.2, -0.15) is 0 Å². The first kappa shape index (κ1) is 9.45. The molecule has 4 nitrogen and oxygen atoms in total. The van der Waals surface area contributed by atoms with Gasteiger partial charge in [-0.25, -0.2) is 4.79 Å².